The highest BCUT2D eigenvalue weighted by atomic mass is 16.5. The molecule has 0 aliphatic carbocycles. The van der Waals surface area contributed by atoms with Gasteiger partial charge in [0.25, 0.3) is 5.56 Å². The zero-order valence-corrected chi connectivity index (χ0v) is 16.8. The van der Waals surface area contributed by atoms with E-state index in [2.05, 4.69) is 33.6 Å². The van der Waals surface area contributed by atoms with Gasteiger partial charge in [0.15, 0.2) is 0 Å². The monoisotopic (exact) mass is 383 g/mol. The van der Waals surface area contributed by atoms with Crippen molar-refractivity contribution in [1.82, 2.24) is 24.8 Å². The lowest BCUT2D eigenvalue weighted by molar-refractivity contribution is 0.0140. The standard InChI is InChI=1S/C21H29N5O2/c1-21(2,14-25-8-10-28-11-9-25)15-26-7-5-17-18(13-26)23-19(24-20(17)27)16-4-3-6-22-12-16/h3-4,6,12H,5,7-11,13-15H2,1-2H3,(H,23,24,27). The van der Waals surface area contributed by atoms with Gasteiger partial charge < -0.3 is 9.72 Å². The summed E-state index contributed by atoms with van der Waals surface area (Å²) in [6, 6.07) is 3.78. The highest BCUT2D eigenvalue weighted by Crippen LogP contribution is 2.24. The number of nitrogens with one attached hydrogen (secondary N) is 1. The molecule has 0 saturated carbocycles. The van der Waals surface area contributed by atoms with Crippen LogP contribution in [0.15, 0.2) is 29.3 Å². The van der Waals surface area contributed by atoms with Crippen LogP contribution >= 0.6 is 0 Å². The SMILES string of the molecule is CC(C)(CN1CCOCC1)CN1CCc2c(nc(-c3cccnc3)[nH]c2=O)C1. The Hall–Kier alpha value is -2.09. The minimum atomic E-state index is -0.0175. The number of ether oxygens (including phenoxy) is 1. The van der Waals surface area contributed by atoms with Crippen LogP contribution in [0, 0.1) is 5.41 Å². The smallest absolute Gasteiger partial charge is 0.254 e. The van der Waals surface area contributed by atoms with Gasteiger partial charge in [-0.25, -0.2) is 4.98 Å². The van der Waals surface area contributed by atoms with Crippen molar-refractivity contribution in [3.05, 3.63) is 46.1 Å². The summed E-state index contributed by atoms with van der Waals surface area (Å²) in [5, 5.41) is 0. The number of H-pyrrole nitrogens is 1. The van der Waals surface area contributed by atoms with Gasteiger partial charge in [0, 0.05) is 62.8 Å². The third-order valence-electron chi connectivity index (χ3n) is 5.49. The fourth-order valence-corrected chi connectivity index (χ4v) is 4.29. The first-order chi connectivity index (χ1) is 13.5. The van der Waals surface area contributed by atoms with Gasteiger partial charge in [-0.1, -0.05) is 13.8 Å². The molecule has 1 N–H and O–H groups in total. The Morgan fingerprint density at radius 1 is 1.18 bits per heavy atom. The minimum Gasteiger partial charge on any atom is -0.379 e. The normalized spacial score (nSPS) is 18.8. The Labute approximate surface area is 165 Å². The molecule has 1 saturated heterocycles. The molecule has 0 spiro atoms. The molecule has 4 rings (SSSR count). The summed E-state index contributed by atoms with van der Waals surface area (Å²) in [6.07, 6.45) is 4.20. The molecule has 150 valence electrons. The quantitative estimate of drug-likeness (QED) is 0.844. The van der Waals surface area contributed by atoms with Crippen LogP contribution in [0.5, 0.6) is 0 Å². The molecule has 0 amide bonds. The summed E-state index contributed by atoms with van der Waals surface area (Å²) in [4.78, 5) is 29.3. The second kappa shape index (κ2) is 8.11. The number of hydrogen-bond donors (Lipinski definition) is 1. The zero-order chi connectivity index (χ0) is 19.6. The van der Waals surface area contributed by atoms with Crippen molar-refractivity contribution in [1.29, 1.82) is 0 Å². The van der Waals surface area contributed by atoms with Crippen molar-refractivity contribution in [2.24, 2.45) is 5.41 Å². The Bertz CT molecular complexity index is 859. The Kier molecular flexibility index (Phi) is 5.57. The largest absolute Gasteiger partial charge is 0.379 e. The Morgan fingerprint density at radius 3 is 2.71 bits per heavy atom. The van der Waals surface area contributed by atoms with Crippen molar-refractivity contribution in [3.63, 3.8) is 0 Å². The van der Waals surface area contributed by atoms with E-state index in [0.29, 0.717) is 5.82 Å². The van der Waals surface area contributed by atoms with Gasteiger partial charge in [0.05, 0.1) is 18.9 Å². The second-order valence-corrected chi connectivity index (χ2v) is 8.59. The van der Waals surface area contributed by atoms with Crippen LogP contribution < -0.4 is 5.56 Å². The third kappa shape index (κ3) is 4.48. The second-order valence-electron chi connectivity index (χ2n) is 8.59. The number of rotatable bonds is 5. The topological polar surface area (TPSA) is 74.3 Å². The summed E-state index contributed by atoms with van der Waals surface area (Å²) < 4.78 is 5.46. The highest BCUT2D eigenvalue weighted by Gasteiger charge is 2.29. The summed E-state index contributed by atoms with van der Waals surface area (Å²) in [5.41, 5.74) is 2.72. The van der Waals surface area contributed by atoms with E-state index in [1.54, 1.807) is 12.4 Å². The van der Waals surface area contributed by atoms with Crippen molar-refractivity contribution in [3.8, 4) is 11.4 Å². The molecule has 7 nitrogen and oxygen atoms in total. The van der Waals surface area contributed by atoms with Crippen molar-refractivity contribution in [2.45, 2.75) is 26.8 Å². The van der Waals surface area contributed by atoms with Crippen molar-refractivity contribution >= 4 is 0 Å². The van der Waals surface area contributed by atoms with Crippen LogP contribution in [0.3, 0.4) is 0 Å². The number of aromatic nitrogens is 3. The van der Waals surface area contributed by atoms with Crippen molar-refractivity contribution in [2.75, 3.05) is 45.9 Å². The molecule has 2 aromatic rings. The van der Waals surface area contributed by atoms with E-state index in [1.807, 2.05) is 12.1 Å². The van der Waals surface area contributed by atoms with Crippen LogP contribution in [-0.2, 0) is 17.7 Å². The number of morpholine rings is 1. The lowest BCUT2D eigenvalue weighted by atomic mass is 9.90. The van der Waals surface area contributed by atoms with Gasteiger partial charge in [-0.15, -0.1) is 0 Å². The zero-order valence-electron chi connectivity index (χ0n) is 16.8. The predicted molar refractivity (Wildman–Crippen MR) is 108 cm³/mol. The van der Waals surface area contributed by atoms with Gasteiger partial charge >= 0.3 is 0 Å². The average molecular weight is 383 g/mol. The molecule has 0 atom stereocenters. The van der Waals surface area contributed by atoms with Gasteiger partial charge in [0.2, 0.25) is 0 Å². The minimum absolute atomic E-state index is 0.0175. The summed E-state index contributed by atoms with van der Waals surface area (Å²) in [7, 11) is 0. The molecule has 2 aliphatic heterocycles. The van der Waals surface area contributed by atoms with E-state index in [9.17, 15) is 4.79 Å². The molecule has 0 bridgehead atoms. The van der Waals surface area contributed by atoms with Crippen molar-refractivity contribution < 1.29 is 4.74 Å². The molecule has 4 heterocycles. The first-order valence-electron chi connectivity index (χ1n) is 10.1. The maximum atomic E-state index is 12.6. The summed E-state index contributed by atoms with van der Waals surface area (Å²) in [5.74, 6) is 0.603. The van der Waals surface area contributed by atoms with Gasteiger partial charge in [-0.05, 0) is 24.0 Å². The summed E-state index contributed by atoms with van der Waals surface area (Å²) in [6.45, 7) is 12.0. The van der Waals surface area contributed by atoms with Gasteiger partial charge in [0.1, 0.15) is 5.82 Å². The molecular weight excluding hydrogens is 354 g/mol. The molecule has 0 unspecified atom stereocenters. The van der Waals surface area contributed by atoms with Crippen LogP contribution in [-0.4, -0.2) is 70.7 Å². The van der Waals surface area contributed by atoms with Crippen LogP contribution in [0.1, 0.15) is 25.1 Å². The van der Waals surface area contributed by atoms with Gasteiger partial charge in [-0.2, -0.15) is 0 Å². The molecule has 1 fully saturated rings. The van der Waals surface area contributed by atoms with Gasteiger partial charge in [-0.3, -0.25) is 19.6 Å². The third-order valence-corrected chi connectivity index (χ3v) is 5.49. The van der Waals surface area contributed by atoms with Crippen LogP contribution in [0.4, 0.5) is 0 Å². The van der Waals surface area contributed by atoms with Crippen LogP contribution in [0.25, 0.3) is 11.4 Å². The molecule has 7 heteroatoms. The lowest BCUT2D eigenvalue weighted by Crippen LogP contribution is -2.47. The predicted octanol–water partition coefficient (Wildman–Crippen LogP) is 1.55. The number of hydrogen-bond acceptors (Lipinski definition) is 6. The lowest BCUT2D eigenvalue weighted by Gasteiger charge is -2.39. The fourth-order valence-electron chi connectivity index (χ4n) is 4.29. The highest BCUT2D eigenvalue weighted by molar-refractivity contribution is 5.53. The number of nitrogens with zero attached hydrogens (tertiary/aromatic N) is 4. The van der Waals surface area contributed by atoms with E-state index < -0.39 is 0 Å². The Morgan fingerprint density at radius 2 is 1.96 bits per heavy atom. The number of aromatic amines is 1. The molecule has 0 aromatic carbocycles. The van der Waals surface area contributed by atoms with E-state index in [-0.39, 0.29) is 11.0 Å². The molecular formula is C21H29N5O2. The number of pyridine rings is 1. The number of fused-ring (bicyclic) bond motifs is 1. The van der Waals surface area contributed by atoms with Crippen LogP contribution in [0.2, 0.25) is 0 Å². The maximum Gasteiger partial charge on any atom is 0.254 e. The Balaban J connectivity index is 1.47. The maximum absolute atomic E-state index is 12.6. The first kappa shape index (κ1) is 19.2. The van der Waals surface area contributed by atoms with E-state index in [0.717, 1.165) is 75.7 Å². The van der Waals surface area contributed by atoms with E-state index in [1.165, 1.54) is 0 Å². The summed E-state index contributed by atoms with van der Waals surface area (Å²) >= 11 is 0. The van der Waals surface area contributed by atoms with E-state index >= 15 is 0 Å². The molecule has 0 radical (unpaired) electrons. The van der Waals surface area contributed by atoms with E-state index in [4.69, 9.17) is 9.72 Å². The molecule has 2 aliphatic rings. The molecule has 28 heavy (non-hydrogen) atoms. The average Bonchev–Trinajstić information content (AvgIpc) is 2.68. The first-order valence-corrected chi connectivity index (χ1v) is 10.1. The molecule has 2 aromatic heterocycles. The fraction of sp³-hybridized carbons (Fsp3) is 0.571.